The summed E-state index contributed by atoms with van der Waals surface area (Å²) in [6, 6.07) is 4.44. The summed E-state index contributed by atoms with van der Waals surface area (Å²) < 4.78 is 18.2. The summed E-state index contributed by atoms with van der Waals surface area (Å²) in [5, 5.41) is 2.44. The Bertz CT molecular complexity index is 365. The van der Waals surface area contributed by atoms with E-state index in [0.717, 1.165) is 0 Å². The van der Waals surface area contributed by atoms with E-state index < -0.39 is 11.9 Å². The van der Waals surface area contributed by atoms with E-state index in [1.54, 1.807) is 19.1 Å². The number of anilines is 1. The van der Waals surface area contributed by atoms with Crippen LogP contribution in [-0.2, 0) is 4.79 Å². The van der Waals surface area contributed by atoms with E-state index in [-0.39, 0.29) is 11.6 Å². The standard InChI is InChI=1S/C9H8FNO2/c1-5-9(12)11-8-6(10)3-2-4-7(8)13-5/h2-5H,1H3,(H,11,12)/t5-/m1/s1. The second-order valence-corrected chi connectivity index (χ2v) is 2.86. The van der Waals surface area contributed by atoms with E-state index in [0.29, 0.717) is 5.75 Å². The highest BCUT2D eigenvalue weighted by Crippen LogP contribution is 2.31. The first-order chi connectivity index (χ1) is 6.18. The fourth-order valence-electron chi connectivity index (χ4n) is 1.19. The minimum absolute atomic E-state index is 0.130. The number of carbonyl (C=O) groups is 1. The first-order valence-electron chi connectivity index (χ1n) is 3.94. The van der Waals surface area contributed by atoms with Gasteiger partial charge in [-0.3, -0.25) is 4.79 Å². The van der Waals surface area contributed by atoms with Crippen LogP contribution in [0.2, 0.25) is 0 Å². The average Bonchev–Trinajstić information content (AvgIpc) is 2.09. The van der Waals surface area contributed by atoms with Crippen molar-refractivity contribution in [1.29, 1.82) is 0 Å². The van der Waals surface area contributed by atoms with E-state index >= 15 is 0 Å². The van der Waals surface area contributed by atoms with Crippen molar-refractivity contribution in [3.05, 3.63) is 24.0 Å². The zero-order valence-electron chi connectivity index (χ0n) is 7.00. The van der Waals surface area contributed by atoms with Gasteiger partial charge in [-0.1, -0.05) is 6.07 Å². The van der Waals surface area contributed by atoms with Gasteiger partial charge in [0.15, 0.2) is 11.9 Å². The Labute approximate surface area is 74.5 Å². The summed E-state index contributed by atoms with van der Waals surface area (Å²) in [5.41, 5.74) is 0.130. The molecule has 1 atom stereocenters. The van der Waals surface area contributed by atoms with Crippen LogP contribution in [0.5, 0.6) is 5.75 Å². The Balaban J connectivity index is 2.48. The van der Waals surface area contributed by atoms with E-state index in [1.165, 1.54) is 6.07 Å². The summed E-state index contributed by atoms with van der Waals surface area (Å²) in [4.78, 5) is 11.1. The fourth-order valence-corrected chi connectivity index (χ4v) is 1.19. The molecule has 1 aromatic rings. The summed E-state index contributed by atoms with van der Waals surface area (Å²) in [7, 11) is 0. The molecular formula is C9H8FNO2. The molecule has 0 saturated heterocycles. The van der Waals surface area contributed by atoms with Crippen LogP contribution in [0.4, 0.5) is 10.1 Å². The van der Waals surface area contributed by atoms with Gasteiger partial charge in [-0.25, -0.2) is 4.39 Å². The molecule has 0 unspecified atom stereocenters. The largest absolute Gasteiger partial charge is 0.479 e. The fraction of sp³-hybridized carbons (Fsp3) is 0.222. The molecule has 0 saturated carbocycles. The number of hydrogen-bond donors (Lipinski definition) is 1. The first kappa shape index (κ1) is 8.04. The van der Waals surface area contributed by atoms with E-state index in [1.807, 2.05) is 0 Å². The van der Waals surface area contributed by atoms with Crippen molar-refractivity contribution >= 4 is 11.6 Å². The molecule has 0 fully saturated rings. The zero-order chi connectivity index (χ0) is 9.42. The lowest BCUT2D eigenvalue weighted by Gasteiger charge is -2.23. The minimum atomic E-state index is -0.561. The maximum absolute atomic E-state index is 13.1. The van der Waals surface area contributed by atoms with Crippen molar-refractivity contribution in [1.82, 2.24) is 0 Å². The van der Waals surface area contributed by atoms with Crippen LogP contribution < -0.4 is 10.1 Å². The smallest absolute Gasteiger partial charge is 0.265 e. The minimum Gasteiger partial charge on any atom is -0.479 e. The second-order valence-electron chi connectivity index (χ2n) is 2.86. The lowest BCUT2D eigenvalue weighted by atomic mass is 10.2. The SMILES string of the molecule is C[C@H]1Oc2cccc(F)c2NC1=O. The summed E-state index contributed by atoms with van der Waals surface area (Å²) in [6.07, 6.45) is -0.561. The topological polar surface area (TPSA) is 38.3 Å². The molecule has 3 nitrogen and oxygen atoms in total. The number of halogens is 1. The van der Waals surface area contributed by atoms with Gasteiger partial charge in [-0.2, -0.15) is 0 Å². The van der Waals surface area contributed by atoms with Crippen molar-refractivity contribution in [3.8, 4) is 5.75 Å². The van der Waals surface area contributed by atoms with Gasteiger partial charge in [0.05, 0.1) is 0 Å². The third kappa shape index (κ3) is 1.24. The number of ether oxygens (including phenoxy) is 1. The zero-order valence-corrected chi connectivity index (χ0v) is 7.00. The lowest BCUT2D eigenvalue weighted by Crippen LogP contribution is -2.34. The van der Waals surface area contributed by atoms with E-state index in [9.17, 15) is 9.18 Å². The lowest BCUT2D eigenvalue weighted by molar-refractivity contribution is -0.122. The van der Waals surface area contributed by atoms with Crippen LogP contribution in [0.3, 0.4) is 0 Å². The maximum Gasteiger partial charge on any atom is 0.265 e. The van der Waals surface area contributed by atoms with Gasteiger partial charge < -0.3 is 10.1 Å². The molecule has 0 radical (unpaired) electrons. The van der Waals surface area contributed by atoms with Crippen molar-refractivity contribution in [2.45, 2.75) is 13.0 Å². The van der Waals surface area contributed by atoms with Crippen molar-refractivity contribution in [2.75, 3.05) is 5.32 Å². The van der Waals surface area contributed by atoms with Gasteiger partial charge in [-0.05, 0) is 19.1 Å². The molecule has 1 aromatic carbocycles. The molecule has 13 heavy (non-hydrogen) atoms. The van der Waals surface area contributed by atoms with Crippen LogP contribution in [0.25, 0.3) is 0 Å². The molecular weight excluding hydrogens is 173 g/mol. The van der Waals surface area contributed by atoms with Gasteiger partial charge in [0.1, 0.15) is 11.4 Å². The number of hydrogen-bond acceptors (Lipinski definition) is 2. The molecule has 1 aliphatic heterocycles. The molecule has 0 aliphatic carbocycles. The molecule has 68 valence electrons. The molecule has 1 amide bonds. The van der Waals surface area contributed by atoms with Crippen LogP contribution in [-0.4, -0.2) is 12.0 Å². The maximum atomic E-state index is 13.1. The highest BCUT2D eigenvalue weighted by atomic mass is 19.1. The number of benzene rings is 1. The number of fused-ring (bicyclic) bond motifs is 1. The van der Waals surface area contributed by atoms with E-state index in [4.69, 9.17) is 4.74 Å². The van der Waals surface area contributed by atoms with Crippen LogP contribution in [0.1, 0.15) is 6.92 Å². The average molecular weight is 181 g/mol. The van der Waals surface area contributed by atoms with Gasteiger partial charge in [0.25, 0.3) is 5.91 Å². The predicted octanol–water partition coefficient (Wildman–Crippen LogP) is 1.55. The summed E-state index contributed by atoms with van der Waals surface area (Å²) in [5.74, 6) is -0.414. The third-order valence-corrected chi connectivity index (χ3v) is 1.90. The number of nitrogens with one attached hydrogen (secondary N) is 1. The molecule has 0 aromatic heterocycles. The van der Waals surface area contributed by atoms with Gasteiger partial charge in [-0.15, -0.1) is 0 Å². The van der Waals surface area contributed by atoms with E-state index in [2.05, 4.69) is 5.32 Å². The van der Waals surface area contributed by atoms with Gasteiger partial charge in [0.2, 0.25) is 0 Å². The Morgan fingerprint density at radius 3 is 3.08 bits per heavy atom. The quantitative estimate of drug-likeness (QED) is 0.659. The number of carbonyl (C=O) groups excluding carboxylic acids is 1. The van der Waals surface area contributed by atoms with Crippen LogP contribution in [0.15, 0.2) is 18.2 Å². The van der Waals surface area contributed by atoms with Crippen LogP contribution >= 0.6 is 0 Å². The molecule has 1 heterocycles. The predicted molar refractivity (Wildman–Crippen MR) is 45.1 cm³/mol. The number of rotatable bonds is 0. The van der Waals surface area contributed by atoms with Crippen molar-refractivity contribution < 1.29 is 13.9 Å². The monoisotopic (exact) mass is 181 g/mol. The van der Waals surface area contributed by atoms with Crippen molar-refractivity contribution in [2.24, 2.45) is 0 Å². The summed E-state index contributed by atoms with van der Waals surface area (Å²) in [6.45, 7) is 1.61. The number of amides is 1. The van der Waals surface area contributed by atoms with Crippen molar-refractivity contribution in [3.63, 3.8) is 0 Å². The Kier molecular flexibility index (Phi) is 1.69. The van der Waals surface area contributed by atoms with Crippen LogP contribution in [0, 0.1) is 5.82 Å². The first-order valence-corrected chi connectivity index (χ1v) is 3.94. The molecule has 1 N–H and O–H groups in total. The number of para-hydroxylation sites is 1. The molecule has 0 spiro atoms. The molecule has 1 aliphatic rings. The highest BCUT2D eigenvalue weighted by molar-refractivity contribution is 5.97. The third-order valence-electron chi connectivity index (χ3n) is 1.90. The molecule has 4 heteroatoms. The normalized spacial score (nSPS) is 20.2. The molecule has 2 rings (SSSR count). The Morgan fingerprint density at radius 1 is 1.54 bits per heavy atom. The highest BCUT2D eigenvalue weighted by Gasteiger charge is 2.25. The van der Waals surface area contributed by atoms with Gasteiger partial charge in [0, 0.05) is 0 Å². The Morgan fingerprint density at radius 2 is 2.31 bits per heavy atom. The summed E-state index contributed by atoms with van der Waals surface area (Å²) >= 11 is 0. The Hall–Kier alpha value is -1.58. The second kappa shape index (κ2) is 2.73. The van der Waals surface area contributed by atoms with Gasteiger partial charge >= 0.3 is 0 Å². The molecule has 0 bridgehead atoms.